The number of carbonyl (C=O) groups excluding carboxylic acids is 1. The van der Waals surface area contributed by atoms with Gasteiger partial charge in [-0.05, 0) is 57.9 Å². The summed E-state index contributed by atoms with van der Waals surface area (Å²) >= 11 is 0. The molecule has 4 rings (SSSR count). The Morgan fingerprint density at radius 1 is 1.04 bits per heavy atom. The van der Waals surface area contributed by atoms with Crippen LogP contribution in [0.1, 0.15) is 57.9 Å². The molecule has 3 aliphatic rings. The highest BCUT2D eigenvalue weighted by Crippen LogP contribution is 2.50. The van der Waals surface area contributed by atoms with E-state index in [0.29, 0.717) is 24.0 Å². The quantitative estimate of drug-likeness (QED) is 0.847. The zero-order valence-corrected chi connectivity index (χ0v) is 15.1. The minimum absolute atomic E-state index is 0.203. The number of nitrogens with zero attached hydrogens (tertiary/aromatic N) is 2. The van der Waals surface area contributed by atoms with E-state index in [0.717, 1.165) is 32.4 Å². The van der Waals surface area contributed by atoms with E-state index in [4.69, 9.17) is 0 Å². The Labute approximate surface area is 146 Å². The number of rotatable bonds is 3. The third-order valence-corrected chi connectivity index (χ3v) is 6.61. The predicted molar refractivity (Wildman–Crippen MR) is 97.0 cm³/mol. The van der Waals surface area contributed by atoms with Gasteiger partial charge >= 0.3 is 0 Å². The molecule has 3 fully saturated rings. The molecule has 1 amide bonds. The molecule has 2 aliphatic heterocycles. The molecule has 0 spiro atoms. The van der Waals surface area contributed by atoms with Gasteiger partial charge in [-0.2, -0.15) is 0 Å². The van der Waals surface area contributed by atoms with Gasteiger partial charge in [0.15, 0.2) is 0 Å². The standard InChI is InChI=1S/C21H30N2O/c1-16-10-11-17(2)23(16)19-9-6-14-22(15-19)20(24)21(12-13-21)18-7-4-3-5-8-18/h3-5,7-8,16-17,19H,6,9-15H2,1-2H3/t16-,17-,19-/m1/s1. The second-order valence-corrected chi connectivity index (χ2v) is 8.22. The summed E-state index contributed by atoms with van der Waals surface area (Å²) in [5.74, 6) is 0.387. The lowest BCUT2D eigenvalue weighted by atomic mass is 9.92. The van der Waals surface area contributed by atoms with Crippen molar-refractivity contribution < 1.29 is 4.79 Å². The molecule has 24 heavy (non-hydrogen) atoms. The van der Waals surface area contributed by atoms with Gasteiger partial charge in [0, 0.05) is 31.2 Å². The lowest BCUT2D eigenvalue weighted by molar-refractivity contribution is -0.136. The highest BCUT2D eigenvalue weighted by molar-refractivity contribution is 5.91. The highest BCUT2D eigenvalue weighted by atomic mass is 16.2. The van der Waals surface area contributed by atoms with Crippen LogP contribution in [-0.2, 0) is 10.2 Å². The molecule has 3 heteroatoms. The van der Waals surface area contributed by atoms with E-state index < -0.39 is 0 Å². The second-order valence-electron chi connectivity index (χ2n) is 8.22. The van der Waals surface area contributed by atoms with Crippen molar-refractivity contribution in [1.82, 2.24) is 9.80 Å². The normalized spacial score (nSPS) is 32.8. The summed E-state index contributed by atoms with van der Waals surface area (Å²) in [5, 5.41) is 0. The van der Waals surface area contributed by atoms with Crippen LogP contribution in [0.25, 0.3) is 0 Å². The lowest BCUT2D eigenvalue weighted by Crippen LogP contribution is -2.54. The molecule has 130 valence electrons. The van der Waals surface area contributed by atoms with Gasteiger partial charge < -0.3 is 4.90 Å². The van der Waals surface area contributed by atoms with E-state index in [9.17, 15) is 4.79 Å². The molecule has 0 aromatic heterocycles. The molecule has 0 N–H and O–H groups in total. The van der Waals surface area contributed by atoms with Gasteiger partial charge in [0.05, 0.1) is 5.41 Å². The van der Waals surface area contributed by atoms with Crippen molar-refractivity contribution in [3.8, 4) is 0 Å². The Hall–Kier alpha value is -1.35. The van der Waals surface area contributed by atoms with E-state index in [-0.39, 0.29) is 5.41 Å². The largest absolute Gasteiger partial charge is 0.340 e. The van der Waals surface area contributed by atoms with E-state index in [1.54, 1.807) is 0 Å². The summed E-state index contributed by atoms with van der Waals surface area (Å²) in [5.41, 5.74) is 1.02. The number of amides is 1. The molecule has 1 saturated carbocycles. The van der Waals surface area contributed by atoms with Crippen molar-refractivity contribution in [1.29, 1.82) is 0 Å². The topological polar surface area (TPSA) is 23.6 Å². The molecular weight excluding hydrogens is 296 g/mol. The molecule has 3 atom stereocenters. The minimum Gasteiger partial charge on any atom is -0.340 e. The van der Waals surface area contributed by atoms with Crippen LogP contribution >= 0.6 is 0 Å². The van der Waals surface area contributed by atoms with Crippen molar-refractivity contribution in [2.45, 2.75) is 75.9 Å². The van der Waals surface area contributed by atoms with E-state index in [1.807, 2.05) is 6.07 Å². The van der Waals surface area contributed by atoms with Gasteiger partial charge in [-0.25, -0.2) is 0 Å². The third-order valence-electron chi connectivity index (χ3n) is 6.61. The van der Waals surface area contributed by atoms with Crippen LogP contribution in [0.3, 0.4) is 0 Å². The summed E-state index contributed by atoms with van der Waals surface area (Å²) in [6, 6.07) is 12.3. The first-order valence-electron chi connectivity index (χ1n) is 9.74. The molecule has 1 aliphatic carbocycles. The zero-order valence-electron chi connectivity index (χ0n) is 15.1. The molecule has 1 aromatic rings. The molecule has 2 saturated heterocycles. The average molecular weight is 326 g/mol. The fourth-order valence-corrected chi connectivity index (χ4v) is 5.13. The van der Waals surface area contributed by atoms with Crippen molar-refractivity contribution in [2.24, 2.45) is 0 Å². The summed E-state index contributed by atoms with van der Waals surface area (Å²) in [4.78, 5) is 18.2. The first kappa shape index (κ1) is 16.1. The SMILES string of the molecule is C[C@@H]1CC[C@@H](C)N1[C@@H]1CCCN(C(=O)C2(c3ccccc3)CC2)C1. The molecule has 2 heterocycles. The summed E-state index contributed by atoms with van der Waals surface area (Å²) < 4.78 is 0. The highest BCUT2D eigenvalue weighted by Gasteiger charge is 2.53. The number of benzene rings is 1. The van der Waals surface area contributed by atoms with Gasteiger partial charge in [-0.3, -0.25) is 9.69 Å². The fraction of sp³-hybridized carbons (Fsp3) is 0.667. The number of carbonyl (C=O) groups is 1. The smallest absolute Gasteiger partial charge is 0.233 e. The van der Waals surface area contributed by atoms with Gasteiger partial charge in [-0.15, -0.1) is 0 Å². The Morgan fingerprint density at radius 3 is 2.33 bits per heavy atom. The molecular formula is C21H30N2O. The maximum absolute atomic E-state index is 13.3. The van der Waals surface area contributed by atoms with Crippen LogP contribution in [0.5, 0.6) is 0 Å². The van der Waals surface area contributed by atoms with E-state index >= 15 is 0 Å². The summed E-state index contributed by atoms with van der Waals surface area (Å²) in [7, 11) is 0. The zero-order chi connectivity index (χ0) is 16.7. The lowest BCUT2D eigenvalue weighted by Gasteiger charge is -2.42. The first-order valence-corrected chi connectivity index (χ1v) is 9.74. The number of hydrogen-bond acceptors (Lipinski definition) is 2. The van der Waals surface area contributed by atoms with Crippen molar-refractivity contribution in [3.05, 3.63) is 35.9 Å². The van der Waals surface area contributed by atoms with Gasteiger partial charge in [0.1, 0.15) is 0 Å². The first-order chi connectivity index (χ1) is 11.6. The van der Waals surface area contributed by atoms with Crippen LogP contribution in [0.15, 0.2) is 30.3 Å². The van der Waals surface area contributed by atoms with Crippen molar-refractivity contribution in [3.63, 3.8) is 0 Å². The predicted octanol–water partition coefficient (Wildman–Crippen LogP) is 3.58. The van der Waals surface area contributed by atoms with E-state index in [2.05, 4.69) is 47.9 Å². The Morgan fingerprint density at radius 2 is 1.71 bits per heavy atom. The number of hydrogen-bond donors (Lipinski definition) is 0. The van der Waals surface area contributed by atoms with Crippen molar-refractivity contribution >= 4 is 5.91 Å². The van der Waals surface area contributed by atoms with Gasteiger partial charge in [0.25, 0.3) is 0 Å². The Bertz CT molecular complexity index is 585. The Kier molecular flexibility index (Phi) is 4.16. The average Bonchev–Trinajstić information content (AvgIpc) is 3.36. The minimum atomic E-state index is -0.203. The number of likely N-dealkylation sites (tertiary alicyclic amines) is 2. The van der Waals surface area contributed by atoms with Crippen LogP contribution in [0, 0.1) is 0 Å². The summed E-state index contributed by atoms with van der Waals surface area (Å²) in [6.07, 6.45) is 7.05. The molecule has 0 radical (unpaired) electrons. The molecule has 0 unspecified atom stereocenters. The van der Waals surface area contributed by atoms with Crippen LogP contribution < -0.4 is 0 Å². The van der Waals surface area contributed by atoms with Gasteiger partial charge in [-0.1, -0.05) is 30.3 Å². The molecule has 3 nitrogen and oxygen atoms in total. The van der Waals surface area contributed by atoms with Crippen molar-refractivity contribution in [2.75, 3.05) is 13.1 Å². The molecule has 0 bridgehead atoms. The maximum atomic E-state index is 13.3. The van der Waals surface area contributed by atoms with Gasteiger partial charge in [0.2, 0.25) is 5.91 Å². The van der Waals surface area contributed by atoms with Crippen LogP contribution in [-0.4, -0.2) is 46.9 Å². The summed E-state index contributed by atoms with van der Waals surface area (Å²) in [6.45, 7) is 6.59. The molecule has 1 aromatic carbocycles. The van der Waals surface area contributed by atoms with E-state index in [1.165, 1.54) is 24.8 Å². The second kappa shape index (κ2) is 6.18. The Balaban J connectivity index is 1.49. The van der Waals surface area contributed by atoms with Crippen LogP contribution in [0.2, 0.25) is 0 Å². The number of piperidine rings is 1. The monoisotopic (exact) mass is 326 g/mol. The van der Waals surface area contributed by atoms with Crippen LogP contribution in [0.4, 0.5) is 0 Å². The third kappa shape index (κ3) is 2.67. The maximum Gasteiger partial charge on any atom is 0.233 e. The fourth-order valence-electron chi connectivity index (χ4n) is 5.13.